The molecule has 0 spiro atoms. The molecular weight excluding hydrogens is 330 g/mol. The zero-order chi connectivity index (χ0) is 16.2. The third-order valence-electron chi connectivity index (χ3n) is 3.24. The normalized spacial score (nSPS) is 10.5. The standard InChI is InChI=1S/C17H15NO3S2/c1-11-5-6-14(20-2)12(8-11)9-21-17(19)13-10-23-16(18-13)15-4-3-7-22-15/h3-8,10H,9H2,1-2H3. The van der Waals surface area contributed by atoms with Gasteiger partial charge >= 0.3 is 5.97 Å². The molecule has 23 heavy (non-hydrogen) atoms. The first kappa shape index (κ1) is 15.7. The monoisotopic (exact) mass is 345 g/mol. The number of carbonyl (C=O) groups excluding carboxylic acids is 1. The van der Waals surface area contributed by atoms with Crippen LogP contribution in [-0.4, -0.2) is 18.1 Å². The second-order valence-electron chi connectivity index (χ2n) is 4.91. The molecule has 2 aromatic heterocycles. The summed E-state index contributed by atoms with van der Waals surface area (Å²) in [6.45, 7) is 2.15. The van der Waals surface area contributed by atoms with Crippen LogP contribution in [-0.2, 0) is 11.3 Å². The lowest BCUT2D eigenvalue weighted by molar-refractivity contribution is 0.0464. The van der Waals surface area contributed by atoms with Crippen molar-refractivity contribution in [2.24, 2.45) is 0 Å². The van der Waals surface area contributed by atoms with Crippen LogP contribution in [0.25, 0.3) is 9.88 Å². The van der Waals surface area contributed by atoms with Gasteiger partial charge in [-0.2, -0.15) is 0 Å². The highest BCUT2D eigenvalue weighted by Gasteiger charge is 2.15. The lowest BCUT2D eigenvalue weighted by Gasteiger charge is -2.09. The van der Waals surface area contributed by atoms with E-state index in [9.17, 15) is 4.79 Å². The quantitative estimate of drug-likeness (QED) is 0.637. The molecule has 118 valence electrons. The Morgan fingerprint density at radius 1 is 1.26 bits per heavy atom. The predicted octanol–water partition coefficient (Wildman–Crippen LogP) is 4.55. The van der Waals surface area contributed by atoms with Crippen molar-refractivity contribution in [3.05, 3.63) is 57.9 Å². The Balaban J connectivity index is 1.69. The molecule has 6 heteroatoms. The van der Waals surface area contributed by atoms with Crippen LogP contribution in [0.15, 0.2) is 41.1 Å². The minimum atomic E-state index is -0.424. The Bertz CT molecular complexity index is 809. The molecule has 0 atom stereocenters. The summed E-state index contributed by atoms with van der Waals surface area (Å²) in [6.07, 6.45) is 0. The van der Waals surface area contributed by atoms with E-state index in [1.165, 1.54) is 11.3 Å². The molecular formula is C17H15NO3S2. The molecule has 0 unspecified atom stereocenters. The first-order chi connectivity index (χ1) is 11.2. The van der Waals surface area contributed by atoms with Crippen LogP contribution in [0.2, 0.25) is 0 Å². The highest BCUT2D eigenvalue weighted by Crippen LogP contribution is 2.28. The summed E-state index contributed by atoms with van der Waals surface area (Å²) in [7, 11) is 1.60. The van der Waals surface area contributed by atoms with Gasteiger partial charge in [0.2, 0.25) is 0 Å². The van der Waals surface area contributed by atoms with E-state index < -0.39 is 5.97 Å². The Morgan fingerprint density at radius 2 is 2.13 bits per heavy atom. The molecule has 0 aliphatic carbocycles. The molecule has 0 amide bonds. The summed E-state index contributed by atoms with van der Waals surface area (Å²) in [6, 6.07) is 9.72. The maximum Gasteiger partial charge on any atom is 0.358 e. The number of thiazole rings is 1. The zero-order valence-electron chi connectivity index (χ0n) is 12.7. The number of ether oxygens (including phenoxy) is 2. The topological polar surface area (TPSA) is 48.4 Å². The van der Waals surface area contributed by atoms with Gasteiger partial charge in [0, 0.05) is 10.9 Å². The van der Waals surface area contributed by atoms with Crippen LogP contribution in [0.1, 0.15) is 21.6 Å². The van der Waals surface area contributed by atoms with E-state index in [0.717, 1.165) is 21.0 Å². The van der Waals surface area contributed by atoms with Gasteiger partial charge in [-0.25, -0.2) is 9.78 Å². The molecule has 0 N–H and O–H groups in total. The van der Waals surface area contributed by atoms with E-state index in [4.69, 9.17) is 9.47 Å². The van der Waals surface area contributed by atoms with E-state index in [1.807, 2.05) is 42.6 Å². The van der Waals surface area contributed by atoms with Crippen molar-refractivity contribution >= 4 is 28.6 Å². The number of carbonyl (C=O) groups is 1. The largest absolute Gasteiger partial charge is 0.496 e. The van der Waals surface area contributed by atoms with Crippen LogP contribution < -0.4 is 4.74 Å². The summed E-state index contributed by atoms with van der Waals surface area (Å²) in [5.74, 6) is 0.286. The van der Waals surface area contributed by atoms with Gasteiger partial charge < -0.3 is 9.47 Å². The maximum absolute atomic E-state index is 12.2. The van der Waals surface area contributed by atoms with Gasteiger partial charge in [-0.1, -0.05) is 17.7 Å². The number of esters is 1. The van der Waals surface area contributed by atoms with Crippen LogP contribution in [0.4, 0.5) is 0 Å². The lowest BCUT2D eigenvalue weighted by Crippen LogP contribution is -2.06. The average molecular weight is 345 g/mol. The Labute approximate surface area is 142 Å². The first-order valence-corrected chi connectivity index (χ1v) is 8.73. The van der Waals surface area contributed by atoms with Gasteiger partial charge in [0.05, 0.1) is 12.0 Å². The van der Waals surface area contributed by atoms with E-state index >= 15 is 0 Å². The number of hydrogen-bond acceptors (Lipinski definition) is 6. The molecule has 0 radical (unpaired) electrons. The summed E-state index contributed by atoms with van der Waals surface area (Å²) in [4.78, 5) is 17.6. The van der Waals surface area contributed by atoms with Crippen molar-refractivity contribution in [1.29, 1.82) is 0 Å². The van der Waals surface area contributed by atoms with Crippen molar-refractivity contribution in [2.75, 3.05) is 7.11 Å². The molecule has 4 nitrogen and oxygen atoms in total. The van der Waals surface area contributed by atoms with Crippen molar-refractivity contribution in [3.8, 4) is 15.6 Å². The van der Waals surface area contributed by atoms with Gasteiger partial charge in [0.1, 0.15) is 17.4 Å². The zero-order valence-corrected chi connectivity index (χ0v) is 14.4. The van der Waals surface area contributed by atoms with Crippen molar-refractivity contribution < 1.29 is 14.3 Å². The Kier molecular flexibility index (Phi) is 4.73. The van der Waals surface area contributed by atoms with Crippen molar-refractivity contribution in [3.63, 3.8) is 0 Å². The fraction of sp³-hybridized carbons (Fsp3) is 0.176. The summed E-state index contributed by atoms with van der Waals surface area (Å²) >= 11 is 3.04. The number of aromatic nitrogens is 1. The van der Waals surface area contributed by atoms with Crippen LogP contribution in [0, 0.1) is 6.92 Å². The molecule has 3 aromatic rings. The summed E-state index contributed by atoms with van der Waals surface area (Å²) < 4.78 is 10.7. The fourth-order valence-electron chi connectivity index (χ4n) is 2.12. The van der Waals surface area contributed by atoms with Crippen LogP contribution in [0.5, 0.6) is 5.75 Å². The Morgan fingerprint density at radius 3 is 2.87 bits per heavy atom. The minimum absolute atomic E-state index is 0.162. The number of thiophene rings is 1. The molecule has 0 fully saturated rings. The van der Waals surface area contributed by atoms with Gasteiger partial charge in [-0.05, 0) is 30.5 Å². The summed E-state index contributed by atoms with van der Waals surface area (Å²) in [5, 5.41) is 4.55. The highest BCUT2D eigenvalue weighted by atomic mass is 32.1. The molecule has 0 aliphatic rings. The van der Waals surface area contributed by atoms with Crippen molar-refractivity contribution in [2.45, 2.75) is 13.5 Å². The van der Waals surface area contributed by atoms with Gasteiger partial charge in [0.25, 0.3) is 0 Å². The number of nitrogens with zero attached hydrogens (tertiary/aromatic N) is 1. The number of hydrogen-bond donors (Lipinski definition) is 0. The van der Waals surface area contributed by atoms with E-state index in [2.05, 4.69) is 4.98 Å². The first-order valence-electron chi connectivity index (χ1n) is 6.97. The minimum Gasteiger partial charge on any atom is -0.496 e. The van der Waals surface area contributed by atoms with E-state index in [-0.39, 0.29) is 6.61 Å². The van der Waals surface area contributed by atoms with Crippen LogP contribution in [0.3, 0.4) is 0 Å². The summed E-state index contributed by atoms with van der Waals surface area (Å²) in [5.41, 5.74) is 2.27. The maximum atomic E-state index is 12.2. The molecule has 1 aromatic carbocycles. The fourth-order valence-corrected chi connectivity index (χ4v) is 3.72. The third-order valence-corrected chi connectivity index (χ3v) is 5.12. The number of benzene rings is 1. The molecule has 0 saturated carbocycles. The average Bonchev–Trinajstić information content (AvgIpc) is 3.23. The predicted molar refractivity (Wildman–Crippen MR) is 92.3 cm³/mol. The molecule has 0 bridgehead atoms. The van der Waals surface area contributed by atoms with Gasteiger partial charge in [0.15, 0.2) is 5.69 Å². The Hall–Kier alpha value is -2.18. The molecule has 2 heterocycles. The number of rotatable bonds is 5. The van der Waals surface area contributed by atoms with Gasteiger partial charge in [-0.15, -0.1) is 22.7 Å². The van der Waals surface area contributed by atoms with Crippen molar-refractivity contribution in [1.82, 2.24) is 4.98 Å². The SMILES string of the molecule is COc1ccc(C)cc1COC(=O)c1csc(-c2cccs2)n1. The van der Waals surface area contributed by atoms with Crippen LogP contribution >= 0.6 is 22.7 Å². The van der Waals surface area contributed by atoms with Gasteiger partial charge in [-0.3, -0.25) is 0 Å². The third kappa shape index (κ3) is 3.60. The molecule has 3 rings (SSSR count). The second kappa shape index (κ2) is 6.93. The van der Waals surface area contributed by atoms with E-state index in [1.54, 1.807) is 23.8 Å². The molecule has 0 saturated heterocycles. The second-order valence-corrected chi connectivity index (χ2v) is 6.71. The highest BCUT2D eigenvalue weighted by molar-refractivity contribution is 7.20. The molecule has 0 aliphatic heterocycles. The van der Waals surface area contributed by atoms with E-state index in [0.29, 0.717) is 11.4 Å². The number of methoxy groups -OCH3 is 1. The smallest absolute Gasteiger partial charge is 0.358 e. The lowest BCUT2D eigenvalue weighted by atomic mass is 10.1. The number of aryl methyl sites for hydroxylation is 1.